The van der Waals surface area contributed by atoms with Gasteiger partial charge >= 0.3 is 5.97 Å². The van der Waals surface area contributed by atoms with Crippen molar-refractivity contribution in [2.45, 2.75) is 18.9 Å². The largest absolute Gasteiger partial charge is 0.425 e. The summed E-state index contributed by atoms with van der Waals surface area (Å²) in [6.07, 6.45) is 5.62. The molecule has 0 radical (unpaired) electrons. The number of carbonyl (C=O) groups excluding carboxylic acids is 3. The minimum Gasteiger partial charge on any atom is -0.425 e. The van der Waals surface area contributed by atoms with Gasteiger partial charge in [0.15, 0.2) is 0 Å². The second-order valence-corrected chi connectivity index (χ2v) is 10.7. The molecule has 8 rings (SSSR count). The van der Waals surface area contributed by atoms with Crippen LogP contribution in [-0.4, -0.2) is 28.7 Å². The summed E-state index contributed by atoms with van der Waals surface area (Å²) >= 11 is 0. The number of likely N-dealkylation sites (tertiary alicyclic amines) is 1. The number of allylic oxidation sites excluding steroid dienone is 2. The highest BCUT2D eigenvalue weighted by Crippen LogP contribution is 2.65. The van der Waals surface area contributed by atoms with Gasteiger partial charge in [-0.25, -0.2) is 4.79 Å². The molecule has 184 valence electrons. The molecule has 1 saturated heterocycles. The summed E-state index contributed by atoms with van der Waals surface area (Å²) < 4.78 is 5.80. The van der Waals surface area contributed by atoms with Crippen LogP contribution in [0.15, 0.2) is 97.1 Å². The molecule has 0 aromatic heterocycles. The van der Waals surface area contributed by atoms with Crippen LogP contribution in [0.4, 0.5) is 0 Å². The smallest absolute Gasteiger partial charge is 0.335 e. The van der Waals surface area contributed by atoms with Crippen molar-refractivity contribution < 1.29 is 19.1 Å². The normalized spacial score (nSPS) is 29.6. The second kappa shape index (κ2) is 8.55. The van der Waals surface area contributed by atoms with Crippen LogP contribution in [-0.2, 0) is 20.8 Å². The Labute approximate surface area is 215 Å². The minimum absolute atomic E-state index is 0.111. The number of ether oxygens (including phenoxy) is 1. The average Bonchev–Trinajstić information content (AvgIpc) is 3.72. The Morgan fingerprint density at radius 2 is 1.30 bits per heavy atom. The van der Waals surface area contributed by atoms with Gasteiger partial charge in [-0.05, 0) is 58.9 Å². The Bertz CT molecular complexity index is 1360. The summed E-state index contributed by atoms with van der Waals surface area (Å²) in [7, 11) is 0. The molecule has 3 aromatic carbocycles. The molecule has 4 aliphatic carbocycles. The van der Waals surface area contributed by atoms with E-state index in [1.807, 2.05) is 72.8 Å². The maximum atomic E-state index is 13.8. The highest BCUT2D eigenvalue weighted by atomic mass is 16.5. The second-order valence-electron chi connectivity index (χ2n) is 10.7. The van der Waals surface area contributed by atoms with Gasteiger partial charge in [0.05, 0.1) is 11.8 Å². The van der Waals surface area contributed by atoms with E-state index in [1.54, 1.807) is 12.1 Å². The molecular weight excluding hydrogens is 462 g/mol. The number of amides is 2. The first kappa shape index (κ1) is 22.2. The number of rotatable bonds is 6. The molecule has 1 heterocycles. The number of carbonyl (C=O) groups is 3. The topological polar surface area (TPSA) is 63.7 Å². The van der Waals surface area contributed by atoms with E-state index in [1.165, 1.54) is 4.90 Å². The van der Waals surface area contributed by atoms with Gasteiger partial charge in [0.1, 0.15) is 11.8 Å². The molecule has 2 bridgehead atoms. The summed E-state index contributed by atoms with van der Waals surface area (Å²) in [5.74, 6) is -0.0599. The van der Waals surface area contributed by atoms with Gasteiger partial charge in [0.2, 0.25) is 11.8 Å². The molecule has 7 atom stereocenters. The Balaban J connectivity index is 1.17. The summed E-state index contributed by atoms with van der Waals surface area (Å²) in [4.78, 5) is 42.4. The number of hydrogen-bond donors (Lipinski definition) is 0. The molecule has 5 heteroatoms. The summed E-state index contributed by atoms with van der Waals surface area (Å²) in [6, 6.07) is 25.8. The van der Waals surface area contributed by atoms with Crippen LogP contribution in [0.3, 0.4) is 0 Å². The molecule has 3 fully saturated rings. The van der Waals surface area contributed by atoms with Crippen LogP contribution in [0.1, 0.15) is 12.0 Å². The quantitative estimate of drug-likeness (QED) is 0.213. The van der Waals surface area contributed by atoms with Crippen LogP contribution < -0.4 is 4.74 Å². The van der Waals surface area contributed by atoms with E-state index in [2.05, 4.69) is 12.2 Å². The maximum absolute atomic E-state index is 13.8. The molecule has 0 spiro atoms. The van der Waals surface area contributed by atoms with Gasteiger partial charge in [-0.15, -0.1) is 0 Å². The lowest BCUT2D eigenvalue weighted by molar-refractivity contribution is -0.153. The average molecular weight is 490 g/mol. The predicted molar refractivity (Wildman–Crippen MR) is 138 cm³/mol. The van der Waals surface area contributed by atoms with E-state index >= 15 is 0 Å². The Kier molecular flexibility index (Phi) is 5.13. The fourth-order valence-electron chi connectivity index (χ4n) is 6.93. The van der Waals surface area contributed by atoms with Crippen molar-refractivity contribution in [3.05, 3.63) is 103 Å². The van der Waals surface area contributed by atoms with Crippen LogP contribution in [0.25, 0.3) is 11.1 Å². The molecule has 1 aliphatic heterocycles. The zero-order chi connectivity index (χ0) is 25.1. The number of nitrogens with zero attached hydrogens (tertiary/aromatic N) is 1. The predicted octanol–water partition coefficient (Wildman–Crippen LogP) is 4.92. The summed E-state index contributed by atoms with van der Waals surface area (Å²) in [5, 5.41) is 0. The highest BCUT2D eigenvalue weighted by Gasteiger charge is 2.68. The molecule has 5 nitrogen and oxygen atoms in total. The lowest BCUT2D eigenvalue weighted by Crippen LogP contribution is -2.48. The number of imide groups is 1. The first-order valence-electron chi connectivity index (χ1n) is 13.1. The monoisotopic (exact) mass is 489 g/mol. The first-order valence-corrected chi connectivity index (χ1v) is 13.1. The van der Waals surface area contributed by atoms with Gasteiger partial charge in [-0.3, -0.25) is 14.5 Å². The number of esters is 1. The first-order chi connectivity index (χ1) is 18.1. The maximum Gasteiger partial charge on any atom is 0.335 e. The summed E-state index contributed by atoms with van der Waals surface area (Å²) in [5.41, 5.74) is 2.96. The van der Waals surface area contributed by atoms with Crippen molar-refractivity contribution in [3.8, 4) is 16.9 Å². The van der Waals surface area contributed by atoms with Crippen LogP contribution in [0.2, 0.25) is 0 Å². The molecule has 0 unspecified atom stereocenters. The standard InChI is InChI=1S/C32H27NO4/c34-30-28-23-15-16-24(26-18-25(23)26)29(28)31(35)33(30)27(17-19-7-3-1-4-8-19)32(36)37-22-13-11-21(12-14-22)20-9-5-2-6-10-20/h1-16,23-29H,17-18H2/t23-,24-,25-,26+,27-,28-,29+/m0/s1. The van der Waals surface area contributed by atoms with Crippen molar-refractivity contribution >= 4 is 17.8 Å². The molecular formula is C32H27NO4. The van der Waals surface area contributed by atoms with Crippen LogP contribution >= 0.6 is 0 Å². The number of hydrogen-bond acceptors (Lipinski definition) is 4. The van der Waals surface area contributed by atoms with Crippen LogP contribution in [0.5, 0.6) is 5.75 Å². The van der Waals surface area contributed by atoms with Crippen LogP contribution in [0, 0.1) is 35.5 Å². The molecule has 5 aliphatic rings. The third-order valence-electron chi connectivity index (χ3n) is 8.73. The number of benzene rings is 3. The van der Waals surface area contributed by atoms with E-state index in [4.69, 9.17) is 4.74 Å². The lowest BCUT2D eigenvalue weighted by Gasteiger charge is -2.37. The van der Waals surface area contributed by atoms with E-state index in [0.29, 0.717) is 17.6 Å². The van der Waals surface area contributed by atoms with Crippen molar-refractivity contribution in [3.63, 3.8) is 0 Å². The summed E-state index contributed by atoms with van der Waals surface area (Å²) in [6.45, 7) is 0. The molecule has 0 N–H and O–H groups in total. The van der Waals surface area contributed by atoms with Crippen molar-refractivity contribution in [2.75, 3.05) is 0 Å². The Hall–Kier alpha value is -3.99. The SMILES string of the molecule is O=C(Oc1ccc(-c2ccccc2)cc1)[C@H](Cc1ccccc1)N1C(=O)[C@@H]2[C@H]3C=C[C@@H]([C@@H]4C[C@H]34)[C@@H]2C1=O. The van der Waals surface area contributed by atoms with Crippen molar-refractivity contribution in [1.29, 1.82) is 0 Å². The van der Waals surface area contributed by atoms with Gasteiger partial charge in [0, 0.05) is 6.42 Å². The Morgan fingerprint density at radius 3 is 1.89 bits per heavy atom. The van der Waals surface area contributed by atoms with Gasteiger partial charge < -0.3 is 4.74 Å². The third kappa shape index (κ3) is 3.64. The zero-order valence-electron chi connectivity index (χ0n) is 20.3. The van der Waals surface area contributed by atoms with Gasteiger partial charge in [-0.2, -0.15) is 0 Å². The fraction of sp³-hybridized carbons (Fsp3) is 0.281. The fourth-order valence-corrected chi connectivity index (χ4v) is 6.93. The van der Waals surface area contributed by atoms with Crippen molar-refractivity contribution in [1.82, 2.24) is 4.90 Å². The molecule has 3 aromatic rings. The molecule has 37 heavy (non-hydrogen) atoms. The van der Waals surface area contributed by atoms with Gasteiger partial charge in [-0.1, -0.05) is 84.9 Å². The third-order valence-corrected chi connectivity index (χ3v) is 8.73. The van der Waals surface area contributed by atoms with E-state index < -0.39 is 12.0 Å². The minimum atomic E-state index is -1.00. The highest BCUT2D eigenvalue weighted by molar-refractivity contribution is 6.09. The van der Waals surface area contributed by atoms with E-state index in [-0.39, 0.29) is 41.9 Å². The Morgan fingerprint density at radius 1 is 0.757 bits per heavy atom. The van der Waals surface area contributed by atoms with E-state index in [9.17, 15) is 14.4 Å². The van der Waals surface area contributed by atoms with Crippen molar-refractivity contribution in [2.24, 2.45) is 35.5 Å². The van der Waals surface area contributed by atoms with E-state index in [0.717, 1.165) is 23.1 Å². The molecule has 2 saturated carbocycles. The lowest BCUT2D eigenvalue weighted by atomic mass is 9.63. The zero-order valence-corrected chi connectivity index (χ0v) is 20.3. The molecule has 2 amide bonds. The van der Waals surface area contributed by atoms with Gasteiger partial charge in [0.25, 0.3) is 0 Å².